The molecule has 2 aliphatic carbocycles. The van der Waals surface area contributed by atoms with Gasteiger partial charge in [0.05, 0.1) is 35.0 Å². The Morgan fingerprint density at radius 1 is 0.588 bits per heavy atom. The van der Waals surface area contributed by atoms with Gasteiger partial charge in [-0.15, -0.1) is 0 Å². The number of allylic oxidation sites excluding steroid dienone is 2. The van der Waals surface area contributed by atoms with Gasteiger partial charge in [0, 0.05) is 23.4 Å². The van der Waals surface area contributed by atoms with Gasteiger partial charge in [0.15, 0.2) is 0 Å². The van der Waals surface area contributed by atoms with Crippen molar-refractivity contribution in [2.45, 2.75) is 18.8 Å². The average Bonchev–Trinajstić information content (AvgIpc) is 3.50. The van der Waals surface area contributed by atoms with Crippen LogP contribution in [0.25, 0.3) is 10.8 Å². The smallest absolute Gasteiger partial charge is 0.339 e. The van der Waals surface area contributed by atoms with E-state index in [2.05, 4.69) is 0 Å². The Hall–Kier alpha value is -6.50. The van der Waals surface area contributed by atoms with E-state index in [9.17, 15) is 54.3 Å². The minimum atomic E-state index is -1.39. The summed E-state index contributed by atoms with van der Waals surface area (Å²) < 4.78 is 0. The molecule has 8 rings (SSSR count). The van der Waals surface area contributed by atoms with Crippen LogP contribution in [0.15, 0.2) is 84.4 Å². The van der Waals surface area contributed by atoms with E-state index in [0.29, 0.717) is 21.9 Å². The lowest BCUT2D eigenvalue weighted by molar-refractivity contribution is -0.126. The molecule has 13 heteroatoms. The molecule has 13 nitrogen and oxygen atoms in total. The molecule has 51 heavy (non-hydrogen) atoms. The molecule has 2 saturated heterocycles. The lowest BCUT2D eigenvalue weighted by atomic mass is 9.57. The third-order valence-electron chi connectivity index (χ3n) is 10.9. The molecule has 0 spiro atoms. The zero-order chi connectivity index (χ0) is 36.0. The van der Waals surface area contributed by atoms with Crippen molar-refractivity contribution in [3.05, 3.63) is 101 Å². The number of amides is 4. The lowest BCUT2D eigenvalue weighted by Crippen LogP contribution is -2.43. The fourth-order valence-electron chi connectivity index (χ4n) is 8.70. The van der Waals surface area contributed by atoms with Gasteiger partial charge in [-0.1, -0.05) is 42.0 Å². The number of aromatic hydroxyl groups is 3. The highest BCUT2D eigenvalue weighted by atomic mass is 16.4. The van der Waals surface area contributed by atoms with Gasteiger partial charge in [-0.2, -0.15) is 0 Å². The van der Waals surface area contributed by atoms with Crippen LogP contribution in [0.3, 0.4) is 0 Å². The van der Waals surface area contributed by atoms with Crippen LogP contribution in [-0.4, -0.2) is 61.1 Å². The SMILES string of the molecule is O=C(O)c1ccc(N2C(=O)C3CC=C4C(CC5C(=O)N(c6ccc(C(=O)O)c(O)c6)C(=O)C5C4c4ccc(O)c5ccccc45)C3C2=O)cc1O. The second kappa shape index (κ2) is 11.3. The molecule has 4 aromatic carbocycles. The van der Waals surface area contributed by atoms with Crippen LogP contribution >= 0.6 is 0 Å². The van der Waals surface area contributed by atoms with Crippen molar-refractivity contribution in [3.63, 3.8) is 0 Å². The Morgan fingerprint density at radius 2 is 1.14 bits per heavy atom. The number of fused-ring (bicyclic) bond motifs is 5. The number of phenolic OH excluding ortho intramolecular Hbond substituents is 1. The van der Waals surface area contributed by atoms with Gasteiger partial charge < -0.3 is 25.5 Å². The molecule has 5 N–H and O–H groups in total. The predicted octanol–water partition coefficient (Wildman–Crippen LogP) is 4.40. The first-order chi connectivity index (χ1) is 24.4. The highest BCUT2D eigenvalue weighted by Gasteiger charge is 2.62. The summed E-state index contributed by atoms with van der Waals surface area (Å²) in [5.41, 5.74) is 0.484. The van der Waals surface area contributed by atoms with Crippen LogP contribution in [0.4, 0.5) is 11.4 Å². The maximum Gasteiger partial charge on any atom is 0.339 e. The molecule has 0 aromatic heterocycles. The summed E-state index contributed by atoms with van der Waals surface area (Å²) in [6.07, 6.45) is 2.01. The number of carbonyl (C=O) groups excluding carboxylic acids is 4. The van der Waals surface area contributed by atoms with Gasteiger partial charge in [0.2, 0.25) is 23.6 Å². The Balaban J connectivity index is 1.26. The van der Waals surface area contributed by atoms with Crippen LogP contribution in [0.1, 0.15) is 45.0 Å². The van der Waals surface area contributed by atoms with Crippen LogP contribution < -0.4 is 9.80 Å². The second-order valence-electron chi connectivity index (χ2n) is 13.3. The summed E-state index contributed by atoms with van der Waals surface area (Å²) in [6.45, 7) is 0. The van der Waals surface area contributed by atoms with Crippen molar-refractivity contribution in [2.75, 3.05) is 9.80 Å². The zero-order valence-electron chi connectivity index (χ0n) is 26.5. The van der Waals surface area contributed by atoms with Gasteiger partial charge in [0.25, 0.3) is 0 Å². The van der Waals surface area contributed by atoms with Gasteiger partial charge in [0.1, 0.15) is 28.4 Å². The fourth-order valence-corrected chi connectivity index (χ4v) is 8.70. The largest absolute Gasteiger partial charge is 0.507 e. The van der Waals surface area contributed by atoms with E-state index in [0.717, 1.165) is 34.1 Å². The molecule has 4 aromatic rings. The number of imide groups is 2. The average molecular weight is 689 g/mol. The first-order valence-electron chi connectivity index (χ1n) is 16.2. The molecule has 6 unspecified atom stereocenters. The molecule has 6 atom stereocenters. The van der Waals surface area contributed by atoms with Crippen molar-refractivity contribution < 1.29 is 54.3 Å². The van der Waals surface area contributed by atoms with E-state index in [1.54, 1.807) is 30.3 Å². The Morgan fingerprint density at radius 3 is 1.71 bits per heavy atom. The van der Waals surface area contributed by atoms with Crippen LogP contribution in [-0.2, 0) is 19.2 Å². The summed E-state index contributed by atoms with van der Waals surface area (Å²) in [5, 5.41) is 51.4. The number of anilines is 2. The maximum atomic E-state index is 14.5. The van der Waals surface area contributed by atoms with Gasteiger partial charge in [-0.25, -0.2) is 19.4 Å². The fraction of sp³-hybridized carbons (Fsp3) is 0.211. The molecular weight excluding hydrogens is 660 g/mol. The van der Waals surface area contributed by atoms with Gasteiger partial charge in [-0.3, -0.25) is 19.2 Å². The second-order valence-corrected chi connectivity index (χ2v) is 13.3. The first-order valence-corrected chi connectivity index (χ1v) is 16.2. The minimum Gasteiger partial charge on any atom is -0.507 e. The Bertz CT molecular complexity index is 2310. The van der Waals surface area contributed by atoms with Crippen molar-refractivity contribution >= 4 is 57.7 Å². The van der Waals surface area contributed by atoms with Crippen LogP contribution in [0, 0.1) is 29.6 Å². The van der Waals surface area contributed by atoms with E-state index in [1.165, 1.54) is 18.2 Å². The highest BCUT2D eigenvalue weighted by molar-refractivity contribution is 6.24. The molecule has 4 aliphatic rings. The molecule has 0 bridgehead atoms. The monoisotopic (exact) mass is 688 g/mol. The third kappa shape index (κ3) is 4.54. The van der Waals surface area contributed by atoms with Crippen molar-refractivity contribution in [1.82, 2.24) is 0 Å². The number of carboxylic acid groups (broad SMARTS) is 2. The van der Waals surface area contributed by atoms with E-state index in [-0.39, 0.29) is 30.0 Å². The predicted molar refractivity (Wildman–Crippen MR) is 178 cm³/mol. The molecule has 256 valence electrons. The van der Waals surface area contributed by atoms with Gasteiger partial charge in [-0.05, 0) is 60.0 Å². The number of carbonyl (C=O) groups is 6. The first kappa shape index (κ1) is 31.7. The number of carboxylic acids is 2. The summed E-state index contributed by atoms with van der Waals surface area (Å²) in [6, 6.07) is 17.1. The number of hydrogen-bond donors (Lipinski definition) is 5. The number of phenols is 3. The quantitative estimate of drug-likeness (QED) is 0.147. The Kier molecular flexibility index (Phi) is 7.02. The van der Waals surface area contributed by atoms with Gasteiger partial charge >= 0.3 is 11.9 Å². The normalized spacial score (nSPS) is 25.5. The van der Waals surface area contributed by atoms with Crippen LogP contribution in [0.2, 0.25) is 0 Å². The highest BCUT2D eigenvalue weighted by Crippen LogP contribution is 2.59. The molecular formula is C38H28N2O11. The number of aromatic carboxylic acids is 2. The van der Waals surface area contributed by atoms with E-state index >= 15 is 0 Å². The lowest BCUT2D eigenvalue weighted by Gasteiger charge is -2.44. The molecule has 2 aliphatic heterocycles. The molecule has 3 fully saturated rings. The molecule has 4 amide bonds. The zero-order valence-corrected chi connectivity index (χ0v) is 26.5. The van der Waals surface area contributed by atoms with Crippen molar-refractivity contribution in [2.24, 2.45) is 29.6 Å². The third-order valence-corrected chi connectivity index (χ3v) is 10.9. The number of rotatable bonds is 5. The van der Waals surface area contributed by atoms with E-state index in [4.69, 9.17) is 0 Å². The van der Waals surface area contributed by atoms with Crippen molar-refractivity contribution in [1.29, 1.82) is 0 Å². The summed E-state index contributed by atoms with van der Waals surface area (Å²) in [5.74, 6) is -11.5. The standard InChI is InChI=1S/C38H28N2O11/c41-27-12-11-20(18-3-1-2-4-19(18)27)30-21-9-10-24-31(35(46)39(33(24)44)16-5-7-22(37(48)49)28(42)13-16)25(21)15-26-32(30)36(47)40(34(26)45)17-6-8-23(38(50)51)29(43)14-17/h1-9,11-14,24-26,30-32,41-43H,10,15H2,(H,48,49)(H,50,51). The van der Waals surface area contributed by atoms with E-state index in [1.807, 2.05) is 6.08 Å². The maximum absolute atomic E-state index is 14.5. The Labute approximate surface area is 288 Å². The number of nitrogens with zero attached hydrogens (tertiary/aromatic N) is 2. The van der Waals surface area contributed by atoms with E-state index < -0.39 is 93.7 Å². The summed E-state index contributed by atoms with van der Waals surface area (Å²) in [7, 11) is 0. The van der Waals surface area contributed by atoms with Crippen molar-refractivity contribution in [3.8, 4) is 17.2 Å². The number of hydrogen-bond acceptors (Lipinski definition) is 9. The molecule has 0 radical (unpaired) electrons. The van der Waals surface area contributed by atoms with Crippen LogP contribution in [0.5, 0.6) is 17.2 Å². The molecule has 1 saturated carbocycles. The minimum absolute atomic E-state index is 0.00104. The summed E-state index contributed by atoms with van der Waals surface area (Å²) >= 11 is 0. The summed E-state index contributed by atoms with van der Waals surface area (Å²) in [4.78, 5) is 81.8. The topological polar surface area (TPSA) is 210 Å². The molecule has 2 heterocycles. The number of benzene rings is 4.